The van der Waals surface area contributed by atoms with Gasteiger partial charge in [-0.25, -0.2) is 4.79 Å². The van der Waals surface area contributed by atoms with Crippen LogP contribution in [0.2, 0.25) is 0 Å². The summed E-state index contributed by atoms with van der Waals surface area (Å²) >= 11 is 0. The molecule has 0 N–H and O–H groups in total. The second-order valence-electron chi connectivity index (χ2n) is 2.35. The van der Waals surface area contributed by atoms with Gasteiger partial charge in [0.05, 0.1) is 0 Å². The van der Waals surface area contributed by atoms with Gasteiger partial charge in [-0.2, -0.15) is 0 Å². The maximum atomic E-state index is 11.1. The number of urea groups is 1. The number of nitrogens with zero attached hydrogens (tertiary/aromatic N) is 2. The van der Waals surface area contributed by atoms with Gasteiger partial charge in [0.15, 0.2) is 0 Å². The third kappa shape index (κ3) is 2.68. The Morgan fingerprint density at radius 3 is 2.50 bits per heavy atom. The monoisotopic (exact) mass is 158 g/mol. The van der Waals surface area contributed by atoms with E-state index in [9.17, 15) is 4.79 Å². The summed E-state index contributed by atoms with van der Waals surface area (Å²) in [5.74, 6) is 0. The average molecular weight is 158 g/mol. The molecule has 0 radical (unpaired) electrons. The van der Waals surface area contributed by atoms with E-state index in [1.165, 1.54) is 0 Å². The number of rotatable bonds is 2. The summed E-state index contributed by atoms with van der Waals surface area (Å²) in [5.41, 5.74) is 0. The van der Waals surface area contributed by atoms with Crippen molar-refractivity contribution in [2.75, 3.05) is 20.6 Å². The minimum atomic E-state index is 0.0616. The van der Waals surface area contributed by atoms with Crippen LogP contribution in [-0.4, -0.2) is 46.5 Å². The van der Waals surface area contributed by atoms with Gasteiger partial charge in [0.25, 0.3) is 0 Å². The van der Waals surface area contributed by atoms with E-state index >= 15 is 0 Å². The number of carbonyl (C=O) groups is 1. The summed E-state index contributed by atoms with van der Waals surface area (Å²) in [6.45, 7) is 4.21. The molecule has 0 heterocycles. The van der Waals surface area contributed by atoms with Crippen molar-refractivity contribution in [2.24, 2.45) is 0 Å². The van der Waals surface area contributed by atoms with Gasteiger partial charge in [0.2, 0.25) is 0 Å². The molecule has 0 aliphatic rings. The van der Waals surface area contributed by atoms with Gasteiger partial charge in [0.1, 0.15) is 10.4 Å². The van der Waals surface area contributed by atoms with Crippen molar-refractivity contribution in [1.29, 1.82) is 0 Å². The van der Waals surface area contributed by atoms with Gasteiger partial charge in [-0.05, 0) is 0 Å². The van der Waals surface area contributed by atoms with Crippen molar-refractivity contribution >= 4 is 16.4 Å². The van der Waals surface area contributed by atoms with Crippen LogP contribution in [-0.2, 0) is 0 Å². The Hall–Kier alpha value is -0.773. The highest BCUT2D eigenvalue weighted by molar-refractivity contribution is 6.13. The zero-order valence-electron chi connectivity index (χ0n) is 6.79. The highest BCUT2D eigenvalue weighted by Gasteiger charge is 2.06. The van der Waals surface area contributed by atoms with E-state index < -0.39 is 0 Å². The van der Waals surface area contributed by atoms with Crippen LogP contribution < -0.4 is 0 Å². The first-order chi connectivity index (χ1) is 4.59. The Kier molecular flexibility index (Phi) is 3.79. The van der Waals surface area contributed by atoms with E-state index in [-0.39, 0.29) is 6.03 Å². The smallest absolute Gasteiger partial charge is 0.311 e. The van der Waals surface area contributed by atoms with E-state index in [0.29, 0.717) is 6.54 Å². The first-order valence-corrected chi connectivity index (χ1v) is 4.02. The van der Waals surface area contributed by atoms with Crippen LogP contribution in [0.5, 0.6) is 0 Å². The third-order valence-corrected chi connectivity index (χ3v) is 1.86. The molecule has 0 saturated carbocycles. The van der Waals surface area contributed by atoms with Gasteiger partial charge < -0.3 is 9.47 Å². The van der Waals surface area contributed by atoms with Crippen LogP contribution in [0.15, 0.2) is 12.7 Å². The van der Waals surface area contributed by atoms with Crippen molar-refractivity contribution < 1.29 is 4.79 Å². The van der Waals surface area contributed by atoms with Gasteiger partial charge in [-0.3, -0.25) is 0 Å². The number of carbonyl (C=O) groups excluding carboxylic acids is 1. The van der Waals surface area contributed by atoms with Crippen molar-refractivity contribution in [3.05, 3.63) is 12.7 Å². The Morgan fingerprint density at radius 1 is 1.70 bits per heavy atom. The van der Waals surface area contributed by atoms with Crippen LogP contribution in [0.4, 0.5) is 4.79 Å². The Bertz CT molecular complexity index is 136. The zero-order valence-corrected chi connectivity index (χ0v) is 8.79. The molecule has 58 valence electrons. The predicted molar refractivity (Wildman–Crippen MR) is 45.9 cm³/mol. The number of amides is 2. The quantitative estimate of drug-likeness (QED) is 0.390. The van der Waals surface area contributed by atoms with Crippen LogP contribution >= 0.6 is 0 Å². The first kappa shape index (κ1) is 9.23. The summed E-state index contributed by atoms with van der Waals surface area (Å²) in [5, 5.41) is 0. The molecule has 0 aliphatic carbocycles. The van der Waals surface area contributed by atoms with E-state index in [2.05, 4.69) is 6.58 Å². The molecule has 0 bridgehead atoms. The highest BCUT2D eigenvalue weighted by Crippen LogP contribution is 1.88. The van der Waals surface area contributed by atoms with E-state index in [1.807, 2.05) is 0 Å². The minimum absolute atomic E-state index is 0.0616. The molecule has 2 amide bonds. The molecule has 0 atom stereocenters. The van der Waals surface area contributed by atoms with Crippen LogP contribution in [0.25, 0.3) is 0 Å². The Labute approximate surface area is 64.8 Å². The molecule has 0 aliphatic heterocycles. The molecule has 4 heteroatoms. The van der Waals surface area contributed by atoms with Crippen molar-refractivity contribution in [1.82, 2.24) is 9.47 Å². The van der Waals surface area contributed by atoms with Crippen molar-refractivity contribution in [2.45, 2.75) is 0 Å². The summed E-state index contributed by atoms with van der Waals surface area (Å²) in [6.07, 6.45) is 1.73. The molecule has 3 nitrogen and oxygen atoms in total. The molecular weight excluding hydrogens is 144 g/mol. The molecule has 0 rings (SSSR count). The fraction of sp³-hybridized carbons (Fsp3) is 0.500. The summed E-state index contributed by atoms with van der Waals surface area (Å²) in [7, 11) is 4.24. The van der Waals surface area contributed by atoms with Gasteiger partial charge in [-0.15, -0.1) is 6.58 Å². The second-order valence-corrected chi connectivity index (χ2v) is 3.43. The van der Waals surface area contributed by atoms with Crippen molar-refractivity contribution in [3.63, 3.8) is 0 Å². The fourth-order valence-electron chi connectivity index (χ4n) is 0.613. The lowest BCUT2D eigenvalue weighted by atomic mass is 10.6. The molecule has 0 aromatic carbocycles. The molecule has 0 fully saturated rings. The predicted octanol–water partition coefficient (Wildman–Crippen LogP) is -0.564. The molecular formula is C6H14N2OSi. The normalized spacial score (nSPS) is 9.00. The fourth-order valence-corrected chi connectivity index (χ4v) is 1.27. The van der Waals surface area contributed by atoms with E-state index in [0.717, 1.165) is 10.4 Å². The van der Waals surface area contributed by atoms with Crippen LogP contribution in [0, 0.1) is 0 Å². The summed E-state index contributed by atoms with van der Waals surface area (Å²) in [6, 6.07) is 0.0616. The van der Waals surface area contributed by atoms with Gasteiger partial charge in [0, 0.05) is 20.6 Å². The lowest BCUT2D eigenvalue weighted by molar-refractivity contribution is 0.201. The molecule has 0 saturated heterocycles. The number of hydrogen-bond donors (Lipinski definition) is 0. The van der Waals surface area contributed by atoms with Crippen LogP contribution in [0.1, 0.15) is 0 Å². The standard InChI is InChI=1S/C6H14N2OSi/c1-4-5-8(10)6(9)7(2)3/h4H,1,5H2,2-3,10H3. The molecule has 10 heavy (non-hydrogen) atoms. The second kappa shape index (κ2) is 4.11. The average Bonchev–Trinajstić information content (AvgIpc) is 1.87. The summed E-state index contributed by atoms with van der Waals surface area (Å²) in [4.78, 5) is 12.6. The van der Waals surface area contributed by atoms with Gasteiger partial charge in [-0.1, -0.05) is 6.08 Å². The lowest BCUT2D eigenvalue weighted by Crippen LogP contribution is -2.37. The maximum absolute atomic E-state index is 11.1. The van der Waals surface area contributed by atoms with Gasteiger partial charge >= 0.3 is 6.03 Å². The molecule has 0 aromatic heterocycles. The third-order valence-electron chi connectivity index (χ3n) is 1.11. The summed E-state index contributed by atoms with van der Waals surface area (Å²) < 4.78 is 1.73. The first-order valence-electron chi connectivity index (χ1n) is 3.13. The largest absolute Gasteiger partial charge is 0.357 e. The molecule has 0 aromatic rings. The highest BCUT2D eigenvalue weighted by atomic mass is 28.2. The number of hydrogen-bond acceptors (Lipinski definition) is 1. The van der Waals surface area contributed by atoms with E-state index in [1.54, 1.807) is 29.6 Å². The van der Waals surface area contributed by atoms with E-state index in [4.69, 9.17) is 0 Å². The Morgan fingerprint density at radius 2 is 2.20 bits per heavy atom. The molecule has 0 spiro atoms. The Balaban J connectivity index is 3.81. The minimum Gasteiger partial charge on any atom is -0.357 e. The SMILES string of the molecule is C=CCN([SiH3])C(=O)N(C)C. The van der Waals surface area contributed by atoms with Crippen molar-refractivity contribution in [3.8, 4) is 0 Å². The lowest BCUT2D eigenvalue weighted by Gasteiger charge is -2.20. The van der Waals surface area contributed by atoms with Crippen LogP contribution in [0.3, 0.4) is 0 Å². The molecule has 0 unspecified atom stereocenters. The maximum Gasteiger partial charge on any atom is 0.311 e. The topological polar surface area (TPSA) is 23.6 Å². The zero-order chi connectivity index (χ0) is 8.15.